The van der Waals surface area contributed by atoms with Crippen LogP contribution < -0.4 is 25.2 Å². The van der Waals surface area contributed by atoms with Crippen LogP contribution in [0.25, 0.3) is 0 Å². The summed E-state index contributed by atoms with van der Waals surface area (Å²) in [7, 11) is 2.78. The number of ether oxygens (including phenoxy) is 1. The van der Waals surface area contributed by atoms with Gasteiger partial charge in [-0.15, -0.1) is 0 Å². The van der Waals surface area contributed by atoms with E-state index in [1.165, 1.54) is 26.6 Å². The average Bonchev–Trinajstić information content (AvgIpc) is 3.63. The largest absolute Gasteiger partial charge is 0.495 e. The summed E-state index contributed by atoms with van der Waals surface area (Å²) in [6.07, 6.45) is 7.82. The normalized spacial score (nSPS) is 17.2. The Hall–Kier alpha value is -4.22. The zero-order valence-electron chi connectivity index (χ0n) is 21.0. The Kier molecular flexibility index (Phi) is 6.87. The summed E-state index contributed by atoms with van der Waals surface area (Å²) >= 11 is 0. The molecule has 2 N–H and O–H groups in total. The van der Waals surface area contributed by atoms with Gasteiger partial charge in [0.15, 0.2) is 5.82 Å². The maximum absolute atomic E-state index is 14.8. The fourth-order valence-corrected chi connectivity index (χ4v) is 4.84. The molecule has 1 aliphatic carbocycles. The summed E-state index contributed by atoms with van der Waals surface area (Å²) in [6, 6.07) is 6.47. The topological polar surface area (TPSA) is 113 Å². The number of halogens is 2. The highest BCUT2D eigenvalue weighted by Crippen LogP contribution is 2.40. The molecule has 3 heterocycles. The summed E-state index contributed by atoms with van der Waals surface area (Å²) in [4.78, 5) is 36.4. The van der Waals surface area contributed by atoms with E-state index < -0.39 is 18.4 Å². The van der Waals surface area contributed by atoms with Gasteiger partial charge in [0.1, 0.15) is 11.4 Å². The lowest BCUT2D eigenvalue weighted by molar-refractivity contribution is -0.140. The summed E-state index contributed by atoms with van der Waals surface area (Å²) in [5.74, 6) is -4.34. The average molecular weight is 527 g/mol. The van der Waals surface area contributed by atoms with Crippen LogP contribution in [0.15, 0.2) is 47.4 Å². The van der Waals surface area contributed by atoms with Crippen LogP contribution in [0.4, 0.5) is 31.9 Å². The Morgan fingerprint density at radius 2 is 2.05 bits per heavy atom. The van der Waals surface area contributed by atoms with Gasteiger partial charge in [-0.2, -0.15) is 13.8 Å². The Balaban J connectivity index is 1.41. The van der Waals surface area contributed by atoms with Crippen molar-refractivity contribution < 1.29 is 27.5 Å². The molecule has 12 heteroatoms. The zero-order chi connectivity index (χ0) is 26.9. The summed E-state index contributed by atoms with van der Waals surface area (Å²) in [6.45, 7) is -0.426. The first kappa shape index (κ1) is 25.4. The zero-order valence-corrected chi connectivity index (χ0v) is 21.0. The van der Waals surface area contributed by atoms with Gasteiger partial charge in [0, 0.05) is 30.8 Å². The quantitative estimate of drug-likeness (QED) is 0.473. The molecule has 0 saturated heterocycles. The van der Waals surface area contributed by atoms with Crippen molar-refractivity contribution >= 4 is 35.0 Å². The van der Waals surface area contributed by atoms with E-state index >= 15 is 0 Å². The second-order valence-corrected chi connectivity index (χ2v) is 9.39. The van der Waals surface area contributed by atoms with Crippen LogP contribution >= 0.6 is 0 Å². The number of hydrogen-bond donors (Lipinski definition) is 2. The van der Waals surface area contributed by atoms with E-state index in [9.17, 15) is 18.4 Å². The Morgan fingerprint density at radius 3 is 2.76 bits per heavy atom. The van der Waals surface area contributed by atoms with Crippen LogP contribution in [0.5, 0.6) is 5.75 Å². The lowest BCUT2D eigenvalue weighted by Gasteiger charge is -2.31. The minimum absolute atomic E-state index is 0.143. The summed E-state index contributed by atoms with van der Waals surface area (Å²) in [5.41, 5.74) is 1.92. The van der Waals surface area contributed by atoms with Gasteiger partial charge < -0.3 is 29.6 Å². The number of methoxy groups -OCH3 is 1. The molecule has 2 aromatic heterocycles. The minimum atomic E-state index is -3.55. The predicted molar refractivity (Wildman–Crippen MR) is 136 cm³/mol. The highest BCUT2D eigenvalue weighted by molar-refractivity contribution is 6.02. The smallest absolute Gasteiger partial charge is 0.342 e. The molecule has 200 valence electrons. The minimum Gasteiger partial charge on any atom is -0.495 e. The number of hydrogen-bond acceptors (Lipinski definition) is 8. The molecule has 2 aliphatic rings. The third-order valence-electron chi connectivity index (χ3n) is 6.88. The van der Waals surface area contributed by atoms with Gasteiger partial charge in [-0.05, 0) is 37.1 Å². The highest BCUT2D eigenvalue weighted by Gasteiger charge is 2.48. The maximum atomic E-state index is 14.8. The third kappa shape index (κ3) is 4.98. The van der Waals surface area contributed by atoms with Crippen molar-refractivity contribution in [2.75, 3.05) is 35.8 Å². The molecule has 38 heavy (non-hydrogen) atoms. The molecule has 1 aliphatic heterocycles. The molecule has 0 unspecified atom stereocenters. The monoisotopic (exact) mass is 526 g/mol. The lowest BCUT2D eigenvalue weighted by Crippen LogP contribution is -2.48. The fraction of sp³-hybridized carbons (Fsp3) is 0.385. The number of aromatic nitrogens is 2. The number of nitrogens with zero attached hydrogens (tertiary/aromatic N) is 4. The molecule has 1 fully saturated rings. The van der Waals surface area contributed by atoms with Crippen molar-refractivity contribution in [3.63, 3.8) is 0 Å². The fourth-order valence-electron chi connectivity index (χ4n) is 4.84. The van der Waals surface area contributed by atoms with E-state index in [-0.39, 0.29) is 29.4 Å². The first-order valence-corrected chi connectivity index (χ1v) is 12.3. The highest BCUT2D eigenvalue weighted by atomic mass is 19.3. The molecule has 2 amide bonds. The van der Waals surface area contributed by atoms with Gasteiger partial charge in [-0.25, -0.2) is 4.98 Å². The molecule has 0 radical (unpaired) electrons. The molecule has 0 spiro atoms. The van der Waals surface area contributed by atoms with E-state index in [4.69, 9.17) is 9.15 Å². The van der Waals surface area contributed by atoms with Gasteiger partial charge in [0.05, 0.1) is 38.1 Å². The lowest BCUT2D eigenvalue weighted by atomic mass is 10.1. The molecular formula is C26H28F2N6O4. The summed E-state index contributed by atoms with van der Waals surface area (Å²) < 4.78 is 40.1. The standard InChI is InChI=1S/C26H28F2N6O4/c1-33-20-13-30-25(32-22(20)34(18-5-3-4-6-18)15-26(27,28)24(33)36)31-19-8-7-17(11-21(19)37-2)23(35)29-12-16-9-10-38-14-16/h7-11,13-14,18H,3-6,12,15H2,1-2H3,(H,29,35)(H,30,31,32). The number of nitrogens with one attached hydrogen (secondary N) is 2. The Morgan fingerprint density at radius 1 is 1.26 bits per heavy atom. The van der Waals surface area contributed by atoms with Crippen molar-refractivity contribution in [2.24, 2.45) is 0 Å². The number of carbonyl (C=O) groups excluding carboxylic acids is 2. The van der Waals surface area contributed by atoms with Gasteiger partial charge in [0.25, 0.3) is 11.8 Å². The van der Waals surface area contributed by atoms with E-state index in [1.54, 1.807) is 35.4 Å². The van der Waals surface area contributed by atoms with Crippen LogP contribution in [0.2, 0.25) is 0 Å². The van der Waals surface area contributed by atoms with E-state index in [1.807, 2.05) is 0 Å². The van der Waals surface area contributed by atoms with Crippen molar-refractivity contribution in [3.8, 4) is 5.75 Å². The molecule has 0 bridgehead atoms. The summed E-state index contributed by atoms with van der Waals surface area (Å²) in [5, 5.41) is 5.87. The molecule has 0 atom stereocenters. The number of amides is 2. The van der Waals surface area contributed by atoms with Gasteiger partial charge >= 0.3 is 5.92 Å². The van der Waals surface area contributed by atoms with Crippen LogP contribution in [-0.4, -0.2) is 54.4 Å². The van der Waals surface area contributed by atoms with E-state index in [2.05, 4.69) is 20.6 Å². The number of furan rings is 1. The second-order valence-electron chi connectivity index (χ2n) is 9.39. The van der Waals surface area contributed by atoms with Crippen LogP contribution in [0, 0.1) is 0 Å². The van der Waals surface area contributed by atoms with Crippen molar-refractivity contribution in [1.29, 1.82) is 0 Å². The van der Waals surface area contributed by atoms with Gasteiger partial charge in [-0.3, -0.25) is 9.59 Å². The second kappa shape index (κ2) is 10.3. The molecule has 1 aromatic carbocycles. The molecular weight excluding hydrogens is 498 g/mol. The number of rotatable bonds is 7. The van der Waals surface area contributed by atoms with Gasteiger partial charge in [0.2, 0.25) is 5.95 Å². The number of alkyl halides is 2. The van der Waals surface area contributed by atoms with Crippen molar-refractivity contribution in [2.45, 2.75) is 44.2 Å². The first-order valence-electron chi connectivity index (χ1n) is 12.3. The first-order chi connectivity index (χ1) is 18.3. The van der Waals surface area contributed by atoms with Crippen LogP contribution in [-0.2, 0) is 11.3 Å². The predicted octanol–water partition coefficient (Wildman–Crippen LogP) is 4.11. The SMILES string of the molecule is COc1cc(C(=O)NCc2ccoc2)ccc1Nc1ncc2c(n1)N(C1CCCC1)CC(F)(F)C(=O)N2C. The Labute approximate surface area is 218 Å². The number of benzene rings is 1. The number of carbonyl (C=O) groups is 2. The van der Waals surface area contributed by atoms with Crippen LogP contribution in [0.1, 0.15) is 41.6 Å². The molecule has 5 rings (SSSR count). The van der Waals surface area contributed by atoms with Crippen molar-refractivity contribution in [3.05, 3.63) is 54.1 Å². The number of fused-ring (bicyclic) bond motifs is 1. The van der Waals surface area contributed by atoms with Crippen LogP contribution in [0.3, 0.4) is 0 Å². The molecule has 1 saturated carbocycles. The molecule has 10 nitrogen and oxygen atoms in total. The van der Waals surface area contributed by atoms with Gasteiger partial charge in [-0.1, -0.05) is 12.8 Å². The number of anilines is 4. The van der Waals surface area contributed by atoms with E-state index in [0.29, 0.717) is 23.5 Å². The third-order valence-corrected chi connectivity index (χ3v) is 6.88. The Bertz CT molecular complexity index is 1330. The van der Waals surface area contributed by atoms with E-state index in [0.717, 1.165) is 36.1 Å². The molecule has 3 aromatic rings. The van der Waals surface area contributed by atoms with Crippen molar-refractivity contribution in [1.82, 2.24) is 15.3 Å². The maximum Gasteiger partial charge on any atom is 0.342 e.